The van der Waals surface area contributed by atoms with Crippen molar-refractivity contribution >= 4 is 16.9 Å². The van der Waals surface area contributed by atoms with E-state index in [2.05, 4.69) is 5.32 Å². The van der Waals surface area contributed by atoms with Crippen LogP contribution in [0.25, 0.3) is 11.0 Å². The zero-order valence-electron chi connectivity index (χ0n) is 14.8. The third-order valence-corrected chi connectivity index (χ3v) is 4.10. The maximum absolute atomic E-state index is 12.0. The molecule has 6 nitrogen and oxygen atoms in total. The number of furan rings is 1. The molecule has 0 aliphatic rings. The summed E-state index contributed by atoms with van der Waals surface area (Å²) in [5, 5.41) is 3.73. The summed E-state index contributed by atoms with van der Waals surface area (Å²) in [5.74, 6) is 1.17. The first-order valence-electron chi connectivity index (χ1n) is 8.50. The summed E-state index contributed by atoms with van der Waals surface area (Å²) in [4.78, 5) is 23.5. The van der Waals surface area contributed by atoms with Crippen LogP contribution in [-0.4, -0.2) is 18.6 Å². The molecule has 0 bridgehead atoms. The standard InChI is InChI=1S/C20H21NO5/c1-13-10-20(23)26-18-11-16(7-8-17(13)18)25-12-19(22)21-14(2)5-6-15-4-3-9-24-15/h3-4,7-11,14H,5-6,12H2,1-2H3,(H,21,22)/t14-/m0/s1. The number of hydrogen-bond acceptors (Lipinski definition) is 5. The second-order valence-electron chi connectivity index (χ2n) is 6.28. The van der Waals surface area contributed by atoms with Crippen LogP contribution in [0.15, 0.2) is 56.3 Å². The van der Waals surface area contributed by atoms with Gasteiger partial charge < -0.3 is 18.9 Å². The van der Waals surface area contributed by atoms with E-state index in [4.69, 9.17) is 13.6 Å². The first kappa shape index (κ1) is 17.8. The van der Waals surface area contributed by atoms with Gasteiger partial charge in [-0.3, -0.25) is 4.79 Å². The number of nitrogens with one attached hydrogen (secondary N) is 1. The molecule has 2 aromatic heterocycles. The minimum absolute atomic E-state index is 0.00785. The highest BCUT2D eigenvalue weighted by atomic mass is 16.5. The Labute approximate surface area is 150 Å². The Kier molecular flexibility index (Phi) is 5.41. The van der Waals surface area contributed by atoms with Crippen molar-refractivity contribution in [3.8, 4) is 5.75 Å². The summed E-state index contributed by atoms with van der Waals surface area (Å²) in [6.45, 7) is 3.68. The Morgan fingerprint density at radius 3 is 2.88 bits per heavy atom. The number of aryl methyl sites for hydroxylation is 2. The molecule has 1 amide bonds. The fourth-order valence-corrected chi connectivity index (χ4v) is 2.75. The number of carbonyl (C=O) groups is 1. The van der Waals surface area contributed by atoms with Crippen LogP contribution in [0, 0.1) is 6.92 Å². The number of benzene rings is 1. The molecular weight excluding hydrogens is 334 g/mol. The van der Waals surface area contributed by atoms with Crippen molar-refractivity contribution in [1.82, 2.24) is 5.32 Å². The van der Waals surface area contributed by atoms with Crippen LogP contribution in [0.3, 0.4) is 0 Å². The van der Waals surface area contributed by atoms with Gasteiger partial charge in [-0.1, -0.05) is 0 Å². The second kappa shape index (κ2) is 7.91. The quantitative estimate of drug-likeness (QED) is 0.658. The molecule has 6 heteroatoms. The molecule has 136 valence electrons. The summed E-state index contributed by atoms with van der Waals surface area (Å²) in [6, 6.07) is 10.4. The van der Waals surface area contributed by atoms with E-state index in [-0.39, 0.29) is 18.6 Å². The molecule has 0 spiro atoms. The van der Waals surface area contributed by atoms with Crippen molar-refractivity contribution in [3.63, 3.8) is 0 Å². The molecule has 0 saturated carbocycles. The lowest BCUT2D eigenvalue weighted by atomic mass is 10.1. The lowest BCUT2D eigenvalue weighted by Crippen LogP contribution is -2.36. The van der Waals surface area contributed by atoms with Crippen LogP contribution >= 0.6 is 0 Å². The predicted octanol–water partition coefficient (Wildman–Crippen LogP) is 3.21. The van der Waals surface area contributed by atoms with E-state index in [1.54, 1.807) is 18.4 Å². The zero-order valence-corrected chi connectivity index (χ0v) is 14.8. The van der Waals surface area contributed by atoms with Crippen LogP contribution in [0.1, 0.15) is 24.7 Å². The molecule has 2 heterocycles. The summed E-state index contributed by atoms with van der Waals surface area (Å²) < 4.78 is 16.0. The summed E-state index contributed by atoms with van der Waals surface area (Å²) in [5.41, 5.74) is 0.876. The van der Waals surface area contributed by atoms with E-state index in [9.17, 15) is 9.59 Å². The molecule has 1 atom stereocenters. The topological polar surface area (TPSA) is 81.7 Å². The van der Waals surface area contributed by atoms with Crippen LogP contribution in [0.5, 0.6) is 5.75 Å². The number of ether oxygens (including phenoxy) is 1. The average Bonchev–Trinajstić information content (AvgIpc) is 3.11. The van der Waals surface area contributed by atoms with Crippen molar-refractivity contribution in [1.29, 1.82) is 0 Å². The average molecular weight is 355 g/mol. The molecule has 0 aliphatic heterocycles. The maximum atomic E-state index is 12.0. The number of amides is 1. The number of hydrogen-bond donors (Lipinski definition) is 1. The molecule has 1 N–H and O–H groups in total. The normalized spacial score (nSPS) is 12.1. The molecule has 0 unspecified atom stereocenters. The highest BCUT2D eigenvalue weighted by Crippen LogP contribution is 2.22. The maximum Gasteiger partial charge on any atom is 0.336 e. The largest absolute Gasteiger partial charge is 0.484 e. The highest BCUT2D eigenvalue weighted by Gasteiger charge is 2.10. The molecular formula is C20H21NO5. The SMILES string of the molecule is Cc1cc(=O)oc2cc(OCC(=O)N[C@@H](C)CCc3ccco3)ccc12. The Bertz CT molecular complexity index is 942. The lowest BCUT2D eigenvalue weighted by molar-refractivity contribution is -0.123. The Morgan fingerprint density at radius 1 is 1.27 bits per heavy atom. The van der Waals surface area contributed by atoms with Crippen LogP contribution in [0.4, 0.5) is 0 Å². The lowest BCUT2D eigenvalue weighted by Gasteiger charge is -2.14. The Morgan fingerprint density at radius 2 is 2.12 bits per heavy atom. The van der Waals surface area contributed by atoms with Gasteiger partial charge in [-0.2, -0.15) is 0 Å². The third kappa shape index (κ3) is 4.53. The fourth-order valence-electron chi connectivity index (χ4n) is 2.75. The molecule has 0 radical (unpaired) electrons. The minimum atomic E-state index is -0.407. The first-order valence-corrected chi connectivity index (χ1v) is 8.50. The van der Waals surface area contributed by atoms with Crippen LogP contribution < -0.4 is 15.7 Å². The number of carbonyl (C=O) groups excluding carboxylic acids is 1. The van der Waals surface area contributed by atoms with Crippen LogP contribution in [-0.2, 0) is 11.2 Å². The van der Waals surface area contributed by atoms with E-state index in [1.807, 2.05) is 32.0 Å². The molecule has 3 rings (SSSR count). The van der Waals surface area contributed by atoms with Gasteiger partial charge in [0, 0.05) is 30.0 Å². The second-order valence-corrected chi connectivity index (χ2v) is 6.28. The third-order valence-electron chi connectivity index (χ3n) is 4.10. The summed E-state index contributed by atoms with van der Waals surface area (Å²) >= 11 is 0. The molecule has 0 aliphatic carbocycles. The summed E-state index contributed by atoms with van der Waals surface area (Å²) in [7, 11) is 0. The molecule has 0 fully saturated rings. The van der Waals surface area contributed by atoms with Crippen molar-refractivity contribution in [3.05, 3.63) is 64.4 Å². The zero-order chi connectivity index (χ0) is 18.5. The summed E-state index contributed by atoms with van der Waals surface area (Å²) in [6.07, 6.45) is 3.18. The molecule has 0 saturated heterocycles. The van der Waals surface area contributed by atoms with Gasteiger partial charge in [-0.15, -0.1) is 0 Å². The molecule has 3 aromatic rings. The van der Waals surface area contributed by atoms with E-state index in [0.29, 0.717) is 11.3 Å². The van der Waals surface area contributed by atoms with E-state index in [0.717, 1.165) is 29.6 Å². The van der Waals surface area contributed by atoms with Crippen LogP contribution in [0.2, 0.25) is 0 Å². The minimum Gasteiger partial charge on any atom is -0.484 e. The van der Waals surface area contributed by atoms with Crippen molar-refractivity contribution in [2.24, 2.45) is 0 Å². The van der Waals surface area contributed by atoms with Gasteiger partial charge >= 0.3 is 5.63 Å². The van der Waals surface area contributed by atoms with E-state index < -0.39 is 5.63 Å². The van der Waals surface area contributed by atoms with E-state index >= 15 is 0 Å². The van der Waals surface area contributed by atoms with E-state index in [1.165, 1.54) is 6.07 Å². The van der Waals surface area contributed by atoms with Crippen molar-refractivity contribution in [2.45, 2.75) is 32.7 Å². The van der Waals surface area contributed by atoms with Gasteiger partial charge in [-0.05, 0) is 50.1 Å². The Hall–Kier alpha value is -3.02. The number of rotatable bonds is 7. The van der Waals surface area contributed by atoms with Crippen molar-refractivity contribution in [2.75, 3.05) is 6.61 Å². The van der Waals surface area contributed by atoms with Gasteiger partial charge in [0.05, 0.1) is 6.26 Å². The first-order chi connectivity index (χ1) is 12.5. The Balaban J connectivity index is 1.52. The van der Waals surface area contributed by atoms with Gasteiger partial charge in [0.2, 0.25) is 0 Å². The predicted molar refractivity (Wildman–Crippen MR) is 97.3 cm³/mol. The van der Waals surface area contributed by atoms with Gasteiger partial charge in [-0.25, -0.2) is 4.79 Å². The highest BCUT2D eigenvalue weighted by molar-refractivity contribution is 5.81. The smallest absolute Gasteiger partial charge is 0.336 e. The fraction of sp³-hybridized carbons (Fsp3) is 0.300. The van der Waals surface area contributed by atoms with Gasteiger partial charge in [0.15, 0.2) is 6.61 Å². The monoisotopic (exact) mass is 355 g/mol. The van der Waals surface area contributed by atoms with Gasteiger partial charge in [0.1, 0.15) is 17.1 Å². The van der Waals surface area contributed by atoms with Crippen molar-refractivity contribution < 1.29 is 18.4 Å². The molecule has 1 aromatic carbocycles. The number of fused-ring (bicyclic) bond motifs is 1. The molecule has 26 heavy (non-hydrogen) atoms. The van der Waals surface area contributed by atoms with Gasteiger partial charge in [0.25, 0.3) is 5.91 Å².